The third kappa shape index (κ3) is 2.24. The second-order valence-corrected chi connectivity index (χ2v) is 5.91. The molecule has 2 rings (SSSR count). The van der Waals surface area contributed by atoms with Gasteiger partial charge in [0.15, 0.2) is 4.33 Å². The zero-order valence-corrected chi connectivity index (χ0v) is 11.8. The van der Waals surface area contributed by atoms with Gasteiger partial charge in [-0.1, -0.05) is 65.1 Å². The Labute approximate surface area is 116 Å². The molecule has 90 valence electrons. The molecule has 1 aromatic rings. The molecule has 0 unspecified atom stereocenters. The van der Waals surface area contributed by atoms with Gasteiger partial charge in [0.05, 0.1) is 10.7 Å². The average Bonchev–Trinajstić information content (AvgIpc) is 2.27. The van der Waals surface area contributed by atoms with E-state index in [0.717, 1.165) is 11.1 Å². The molecule has 0 fully saturated rings. The summed E-state index contributed by atoms with van der Waals surface area (Å²) >= 11 is 18.8. The normalized spacial score (nSPS) is 20.9. The maximum atomic E-state index is 6.30. The lowest BCUT2D eigenvalue weighted by Gasteiger charge is -2.36. The van der Waals surface area contributed by atoms with E-state index in [0.29, 0.717) is 10.7 Å². The first-order chi connectivity index (χ1) is 7.94. The minimum absolute atomic E-state index is 0.118. The highest BCUT2D eigenvalue weighted by atomic mass is 35.5. The van der Waals surface area contributed by atoms with Crippen molar-refractivity contribution in [2.24, 2.45) is 4.99 Å². The molecule has 1 aliphatic rings. The van der Waals surface area contributed by atoms with Crippen molar-refractivity contribution in [1.29, 1.82) is 0 Å². The summed E-state index contributed by atoms with van der Waals surface area (Å²) in [5, 5.41) is 0.565. The van der Waals surface area contributed by atoms with Crippen LogP contribution < -0.4 is 0 Å². The van der Waals surface area contributed by atoms with Crippen LogP contribution in [0.2, 0.25) is 0 Å². The zero-order valence-electron chi connectivity index (χ0n) is 9.55. The van der Waals surface area contributed by atoms with Crippen LogP contribution in [0.4, 0.5) is 0 Å². The minimum Gasteiger partial charge on any atom is -0.282 e. The van der Waals surface area contributed by atoms with Crippen molar-refractivity contribution >= 4 is 46.1 Å². The standard InChI is InChI=1S/C13H12Cl3N/c1-8(2)17-12-11(14)10(13(12,15)16)9-6-4-3-5-7-9/h3-8H,1-2H3. The summed E-state index contributed by atoms with van der Waals surface area (Å²) in [4.78, 5) is 4.36. The van der Waals surface area contributed by atoms with Crippen molar-refractivity contribution in [1.82, 2.24) is 0 Å². The lowest BCUT2D eigenvalue weighted by Crippen LogP contribution is -2.39. The molecule has 0 atom stereocenters. The molecule has 4 heteroatoms. The van der Waals surface area contributed by atoms with Crippen LogP contribution in [-0.2, 0) is 0 Å². The lowest BCUT2D eigenvalue weighted by atomic mass is 9.88. The molecule has 0 saturated carbocycles. The third-order valence-electron chi connectivity index (χ3n) is 2.49. The van der Waals surface area contributed by atoms with Gasteiger partial charge in [0, 0.05) is 11.6 Å². The van der Waals surface area contributed by atoms with Crippen molar-refractivity contribution < 1.29 is 0 Å². The molecule has 17 heavy (non-hydrogen) atoms. The molecule has 1 nitrogen and oxygen atoms in total. The Hall–Kier alpha value is -0.500. The van der Waals surface area contributed by atoms with Crippen LogP contribution in [-0.4, -0.2) is 16.1 Å². The molecule has 0 N–H and O–H groups in total. The number of nitrogens with zero attached hydrogens (tertiary/aromatic N) is 1. The molecule has 0 saturated heterocycles. The Kier molecular flexibility index (Phi) is 3.53. The number of halogens is 3. The van der Waals surface area contributed by atoms with Gasteiger partial charge in [-0.05, 0) is 19.4 Å². The second kappa shape index (κ2) is 4.64. The summed E-state index contributed by atoms with van der Waals surface area (Å²) in [5.74, 6) is 0. The van der Waals surface area contributed by atoms with Crippen molar-refractivity contribution in [3.63, 3.8) is 0 Å². The first kappa shape index (κ1) is 12.9. The van der Waals surface area contributed by atoms with Crippen LogP contribution in [0, 0.1) is 0 Å². The predicted octanol–water partition coefficient (Wildman–Crippen LogP) is 4.67. The molecule has 0 aromatic heterocycles. The molecule has 0 radical (unpaired) electrons. The van der Waals surface area contributed by atoms with Crippen LogP contribution in [0.3, 0.4) is 0 Å². The molecule has 0 spiro atoms. The number of rotatable bonds is 2. The van der Waals surface area contributed by atoms with E-state index in [9.17, 15) is 0 Å². The average molecular weight is 289 g/mol. The monoisotopic (exact) mass is 287 g/mol. The fourth-order valence-corrected chi connectivity index (χ4v) is 3.09. The molecule has 0 aliphatic heterocycles. The van der Waals surface area contributed by atoms with E-state index in [1.165, 1.54) is 0 Å². The summed E-state index contributed by atoms with van der Waals surface area (Å²) in [6.07, 6.45) is 0. The number of hydrogen-bond acceptors (Lipinski definition) is 1. The number of alkyl halides is 2. The van der Waals surface area contributed by atoms with Crippen LogP contribution in [0.25, 0.3) is 5.57 Å². The minimum atomic E-state index is -1.09. The van der Waals surface area contributed by atoms with Gasteiger partial charge >= 0.3 is 0 Å². The van der Waals surface area contributed by atoms with Crippen molar-refractivity contribution in [2.45, 2.75) is 24.2 Å². The zero-order chi connectivity index (χ0) is 12.6. The van der Waals surface area contributed by atoms with Gasteiger partial charge in [-0.3, -0.25) is 4.99 Å². The van der Waals surface area contributed by atoms with Crippen molar-refractivity contribution in [3.8, 4) is 0 Å². The highest BCUT2D eigenvalue weighted by Gasteiger charge is 2.49. The maximum Gasteiger partial charge on any atom is 0.187 e. The highest BCUT2D eigenvalue weighted by Crippen LogP contribution is 2.52. The Morgan fingerprint density at radius 3 is 2.18 bits per heavy atom. The molecule has 0 amide bonds. The highest BCUT2D eigenvalue weighted by molar-refractivity contribution is 6.76. The largest absolute Gasteiger partial charge is 0.282 e. The van der Waals surface area contributed by atoms with Gasteiger partial charge in [-0.25, -0.2) is 0 Å². The topological polar surface area (TPSA) is 12.4 Å². The molecular formula is C13H12Cl3N. The van der Waals surface area contributed by atoms with Gasteiger partial charge in [0.25, 0.3) is 0 Å². The predicted molar refractivity (Wildman–Crippen MR) is 76.2 cm³/mol. The van der Waals surface area contributed by atoms with Crippen LogP contribution in [0.5, 0.6) is 0 Å². The Morgan fingerprint density at radius 1 is 1.12 bits per heavy atom. The van der Waals surface area contributed by atoms with E-state index in [-0.39, 0.29) is 6.04 Å². The molecule has 1 aromatic carbocycles. The Balaban J connectivity index is 2.48. The van der Waals surface area contributed by atoms with E-state index in [1.807, 2.05) is 44.2 Å². The Morgan fingerprint density at radius 2 is 1.71 bits per heavy atom. The molecular weight excluding hydrogens is 277 g/mol. The number of hydrogen-bond donors (Lipinski definition) is 0. The fraction of sp³-hybridized carbons (Fsp3) is 0.308. The number of aliphatic imine (C=N–C) groups is 1. The van der Waals surface area contributed by atoms with E-state index >= 15 is 0 Å². The molecule has 0 heterocycles. The van der Waals surface area contributed by atoms with Crippen LogP contribution in [0.15, 0.2) is 40.4 Å². The van der Waals surface area contributed by atoms with Gasteiger partial charge in [0.1, 0.15) is 0 Å². The fourth-order valence-electron chi connectivity index (χ4n) is 1.76. The Bertz CT molecular complexity index is 487. The summed E-state index contributed by atoms with van der Waals surface area (Å²) in [6, 6.07) is 9.77. The van der Waals surface area contributed by atoms with Crippen LogP contribution >= 0.6 is 34.8 Å². The van der Waals surface area contributed by atoms with Crippen LogP contribution in [0.1, 0.15) is 19.4 Å². The SMILES string of the molecule is CC(C)N=C1C(Cl)=C(c2ccccc2)C1(Cl)Cl. The number of allylic oxidation sites excluding steroid dienone is 2. The van der Waals surface area contributed by atoms with E-state index < -0.39 is 4.33 Å². The van der Waals surface area contributed by atoms with Gasteiger partial charge < -0.3 is 0 Å². The van der Waals surface area contributed by atoms with Crippen molar-refractivity contribution in [2.75, 3.05) is 0 Å². The second-order valence-electron chi connectivity index (χ2n) is 4.20. The van der Waals surface area contributed by atoms with E-state index in [2.05, 4.69) is 4.99 Å². The maximum absolute atomic E-state index is 6.30. The third-order valence-corrected chi connectivity index (χ3v) is 3.59. The first-order valence-electron chi connectivity index (χ1n) is 5.36. The molecule has 0 bridgehead atoms. The van der Waals surface area contributed by atoms with E-state index in [1.54, 1.807) is 0 Å². The first-order valence-corrected chi connectivity index (χ1v) is 6.50. The quantitative estimate of drug-likeness (QED) is 0.701. The molecule has 1 aliphatic carbocycles. The summed E-state index contributed by atoms with van der Waals surface area (Å²) < 4.78 is -1.09. The smallest absolute Gasteiger partial charge is 0.187 e. The van der Waals surface area contributed by atoms with Gasteiger partial charge in [-0.2, -0.15) is 0 Å². The summed E-state index contributed by atoms with van der Waals surface area (Å²) in [7, 11) is 0. The summed E-state index contributed by atoms with van der Waals surface area (Å²) in [5.41, 5.74) is 2.24. The van der Waals surface area contributed by atoms with Gasteiger partial charge in [0.2, 0.25) is 0 Å². The lowest BCUT2D eigenvalue weighted by molar-refractivity contribution is 0.830. The number of benzene rings is 1. The van der Waals surface area contributed by atoms with E-state index in [4.69, 9.17) is 34.8 Å². The van der Waals surface area contributed by atoms with Crippen molar-refractivity contribution in [3.05, 3.63) is 40.9 Å². The summed E-state index contributed by atoms with van der Waals surface area (Å²) in [6.45, 7) is 3.92. The van der Waals surface area contributed by atoms with Gasteiger partial charge in [-0.15, -0.1) is 0 Å².